The van der Waals surface area contributed by atoms with Gasteiger partial charge >= 0.3 is 5.69 Å². The summed E-state index contributed by atoms with van der Waals surface area (Å²) in [6.07, 6.45) is 1.82. The quantitative estimate of drug-likeness (QED) is 0.637. The van der Waals surface area contributed by atoms with E-state index in [1.807, 2.05) is 19.9 Å². The van der Waals surface area contributed by atoms with Crippen LogP contribution < -0.4 is 11.2 Å². The van der Waals surface area contributed by atoms with Crippen LogP contribution in [-0.4, -0.2) is 9.97 Å². The van der Waals surface area contributed by atoms with Crippen molar-refractivity contribution in [1.29, 1.82) is 0 Å². The first-order valence-corrected chi connectivity index (χ1v) is 3.60. The highest BCUT2D eigenvalue weighted by atomic mass is 16.2. The van der Waals surface area contributed by atoms with E-state index in [1.165, 1.54) is 6.07 Å². The van der Waals surface area contributed by atoms with Crippen molar-refractivity contribution in [1.82, 2.24) is 9.97 Å². The molecule has 0 aliphatic carbocycles. The molecular weight excluding hydrogens is 156 g/mol. The van der Waals surface area contributed by atoms with Gasteiger partial charge in [-0.1, -0.05) is 6.08 Å². The summed E-state index contributed by atoms with van der Waals surface area (Å²) in [5, 5.41) is 0. The summed E-state index contributed by atoms with van der Waals surface area (Å²) < 4.78 is 0. The van der Waals surface area contributed by atoms with E-state index in [0.717, 1.165) is 5.57 Å². The standard InChI is InChI=1S/C8H10N2O2/c1-3-5(2)6-4-7(11)10-8(12)9-6/h3-4H,1-2H3,(H2,9,10,11,12)/b5-3+. The Bertz CT molecular complexity index is 383. The molecule has 4 heteroatoms. The molecule has 0 fully saturated rings. The fraction of sp³-hybridized carbons (Fsp3) is 0.250. The molecule has 0 atom stereocenters. The minimum absolute atomic E-state index is 0.380. The van der Waals surface area contributed by atoms with Crippen LogP contribution in [0.25, 0.3) is 5.57 Å². The van der Waals surface area contributed by atoms with Crippen LogP contribution in [0.1, 0.15) is 19.5 Å². The van der Waals surface area contributed by atoms with Crippen molar-refractivity contribution in [3.8, 4) is 0 Å². The molecule has 4 nitrogen and oxygen atoms in total. The average molecular weight is 166 g/mol. The van der Waals surface area contributed by atoms with Crippen molar-refractivity contribution in [3.05, 3.63) is 38.7 Å². The molecule has 0 aliphatic rings. The fourth-order valence-corrected chi connectivity index (χ4v) is 0.837. The predicted octanol–water partition coefficient (Wildman–Crippen LogP) is 0.486. The molecule has 1 aromatic rings. The molecule has 0 bridgehead atoms. The minimum Gasteiger partial charge on any atom is -0.307 e. The lowest BCUT2D eigenvalue weighted by molar-refractivity contribution is 1.02. The van der Waals surface area contributed by atoms with E-state index in [9.17, 15) is 9.59 Å². The van der Waals surface area contributed by atoms with Crippen LogP contribution in [0, 0.1) is 0 Å². The molecule has 0 saturated heterocycles. The van der Waals surface area contributed by atoms with E-state index in [2.05, 4.69) is 9.97 Å². The molecule has 0 spiro atoms. The lowest BCUT2D eigenvalue weighted by Gasteiger charge is -1.97. The third kappa shape index (κ3) is 1.72. The molecule has 1 aromatic heterocycles. The third-order valence-corrected chi connectivity index (χ3v) is 1.62. The first-order chi connectivity index (χ1) is 5.63. The molecule has 1 rings (SSSR count). The van der Waals surface area contributed by atoms with Gasteiger partial charge < -0.3 is 4.98 Å². The molecule has 0 saturated carbocycles. The number of rotatable bonds is 1. The number of allylic oxidation sites excluding steroid dienone is 2. The highest BCUT2D eigenvalue weighted by Crippen LogP contribution is 2.04. The normalized spacial score (nSPS) is 11.7. The van der Waals surface area contributed by atoms with Crippen molar-refractivity contribution >= 4 is 5.57 Å². The van der Waals surface area contributed by atoms with E-state index in [0.29, 0.717) is 5.69 Å². The molecule has 0 unspecified atom stereocenters. The Morgan fingerprint density at radius 2 is 2.08 bits per heavy atom. The van der Waals surface area contributed by atoms with Gasteiger partial charge in [-0.15, -0.1) is 0 Å². The summed E-state index contributed by atoms with van der Waals surface area (Å²) in [4.78, 5) is 26.2. The monoisotopic (exact) mass is 166 g/mol. The summed E-state index contributed by atoms with van der Waals surface area (Å²) in [5.41, 5.74) is 0.582. The van der Waals surface area contributed by atoms with E-state index in [-0.39, 0.29) is 5.56 Å². The first-order valence-electron chi connectivity index (χ1n) is 3.60. The molecule has 0 aromatic carbocycles. The second kappa shape index (κ2) is 3.21. The second-order valence-electron chi connectivity index (χ2n) is 2.47. The summed E-state index contributed by atoms with van der Waals surface area (Å²) in [5.74, 6) is 0. The van der Waals surface area contributed by atoms with E-state index in [1.54, 1.807) is 0 Å². The average Bonchev–Trinajstić information content (AvgIpc) is 2.01. The Balaban J connectivity index is 3.37. The Morgan fingerprint density at radius 3 is 2.58 bits per heavy atom. The number of H-pyrrole nitrogens is 2. The third-order valence-electron chi connectivity index (χ3n) is 1.62. The van der Waals surface area contributed by atoms with Crippen LogP contribution in [0.2, 0.25) is 0 Å². The lowest BCUT2D eigenvalue weighted by Crippen LogP contribution is -2.22. The molecule has 0 radical (unpaired) electrons. The van der Waals surface area contributed by atoms with Crippen LogP contribution in [0.3, 0.4) is 0 Å². The Labute approximate surface area is 69.0 Å². The number of hydrogen-bond donors (Lipinski definition) is 2. The SMILES string of the molecule is C/C=C(\C)c1cc(=O)[nH]c(=O)[nH]1. The van der Waals surface area contributed by atoms with Crippen molar-refractivity contribution in [2.24, 2.45) is 0 Å². The van der Waals surface area contributed by atoms with Crippen molar-refractivity contribution in [2.75, 3.05) is 0 Å². The Morgan fingerprint density at radius 1 is 1.42 bits per heavy atom. The van der Waals surface area contributed by atoms with Gasteiger partial charge in [0.15, 0.2) is 0 Å². The lowest BCUT2D eigenvalue weighted by atomic mass is 10.2. The van der Waals surface area contributed by atoms with Crippen molar-refractivity contribution < 1.29 is 0 Å². The molecule has 2 N–H and O–H groups in total. The van der Waals surface area contributed by atoms with Gasteiger partial charge in [-0.3, -0.25) is 9.78 Å². The Kier molecular flexibility index (Phi) is 2.28. The van der Waals surface area contributed by atoms with Crippen LogP contribution in [0.4, 0.5) is 0 Å². The van der Waals surface area contributed by atoms with Gasteiger partial charge in [0, 0.05) is 6.07 Å². The molecule has 0 aliphatic heterocycles. The number of aromatic amines is 2. The predicted molar refractivity (Wildman–Crippen MR) is 47.0 cm³/mol. The van der Waals surface area contributed by atoms with Gasteiger partial charge in [-0.05, 0) is 19.4 Å². The van der Waals surface area contributed by atoms with E-state index >= 15 is 0 Å². The zero-order valence-corrected chi connectivity index (χ0v) is 6.97. The summed E-state index contributed by atoms with van der Waals surface area (Å²) >= 11 is 0. The van der Waals surface area contributed by atoms with Crippen LogP contribution in [0.15, 0.2) is 21.7 Å². The molecule has 12 heavy (non-hydrogen) atoms. The first kappa shape index (κ1) is 8.52. The van der Waals surface area contributed by atoms with Crippen LogP contribution in [0.5, 0.6) is 0 Å². The maximum atomic E-state index is 10.8. The maximum absolute atomic E-state index is 10.8. The Hall–Kier alpha value is -1.58. The highest BCUT2D eigenvalue weighted by Gasteiger charge is 1.96. The van der Waals surface area contributed by atoms with Crippen LogP contribution in [-0.2, 0) is 0 Å². The fourth-order valence-electron chi connectivity index (χ4n) is 0.837. The number of aromatic nitrogens is 2. The molecule has 0 amide bonds. The summed E-state index contributed by atoms with van der Waals surface area (Å²) in [7, 11) is 0. The summed E-state index contributed by atoms with van der Waals surface area (Å²) in [6, 6.07) is 1.36. The van der Waals surface area contributed by atoms with Gasteiger partial charge in [0.05, 0.1) is 5.69 Å². The van der Waals surface area contributed by atoms with Crippen molar-refractivity contribution in [3.63, 3.8) is 0 Å². The molecule has 64 valence electrons. The van der Waals surface area contributed by atoms with E-state index < -0.39 is 5.69 Å². The zero-order valence-electron chi connectivity index (χ0n) is 6.97. The van der Waals surface area contributed by atoms with E-state index in [4.69, 9.17) is 0 Å². The van der Waals surface area contributed by atoms with Gasteiger partial charge in [-0.25, -0.2) is 4.79 Å². The second-order valence-corrected chi connectivity index (χ2v) is 2.47. The highest BCUT2D eigenvalue weighted by molar-refractivity contribution is 5.59. The van der Waals surface area contributed by atoms with Gasteiger partial charge in [0.25, 0.3) is 5.56 Å². The van der Waals surface area contributed by atoms with Gasteiger partial charge in [-0.2, -0.15) is 0 Å². The van der Waals surface area contributed by atoms with Crippen molar-refractivity contribution in [2.45, 2.75) is 13.8 Å². The number of hydrogen-bond acceptors (Lipinski definition) is 2. The maximum Gasteiger partial charge on any atom is 0.326 e. The zero-order chi connectivity index (χ0) is 9.14. The van der Waals surface area contributed by atoms with Gasteiger partial charge in [0.2, 0.25) is 0 Å². The topological polar surface area (TPSA) is 65.7 Å². The molecule has 1 heterocycles. The molecular formula is C8H10N2O2. The minimum atomic E-state index is -0.473. The largest absolute Gasteiger partial charge is 0.326 e. The number of nitrogens with one attached hydrogen (secondary N) is 2. The van der Waals surface area contributed by atoms with Gasteiger partial charge in [0.1, 0.15) is 0 Å². The summed E-state index contributed by atoms with van der Waals surface area (Å²) in [6.45, 7) is 3.67. The van der Waals surface area contributed by atoms with Crippen LogP contribution >= 0.6 is 0 Å². The smallest absolute Gasteiger partial charge is 0.307 e.